The molecule has 1 saturated heterocycles. The van der Waals surface area contributed by atoms with Crippen molar-refractivity contribution >= 4 is 17.8 Å². The van der Waals surface area contributed by atoms with E-state index in [2.05, 4.69) is 5.32 Å². The van der Waals surface area contributed by atoms with E-state index in [0.29, 0.717) is 37.0 Å². The van der Waals surface area contributed by atoms with E-state index in [0.717, 1.165) is 12.0 Å². The van der Waals surface area contributed by atoms with Crippen molar-refractivity contribution in [1.29, 1.82) is 0 Å². The molecule has 1 aliphatic heterocycles. The highest BCUT2D eigenvalue weighted by atomic mass is 16.5. The summed E-state index contributed by atoms with van der Waals surface area (Å²) in [6.45, 7) is 0. The smallest absolute Gasteiger partial charge is 0.334 e. The number of carbonyl (C=O) groups excluding carboxylic acids is 2. The van der Waals surface area contributed by atoms with Crippen LogP contribution in [0.15, 0.2) is 18.2 Å². The number of nitrogens with zero attached hydrogens (tertiary/aromatic N) is 1. The summed E-state index contributed by atoms with van der Waals surface area (Å²) in [4.78, 5) is 38.0. The molecule has 2 N–H and O–H groups in total. The summed E-state index contributed by atoms with van der Waals surface area (Å²) in [5.41, 5.74) is 0.0608. The number of nitrogens with one attached hydrogen (secondary N) is 1. The first kappa shape index (κ1) is 18.2. The van der Waals surface area contributed by atoms with Gasteiger partial charge in [-0.1, -0.05) is 6.07 Å². The van der Waals surface area contributed by atoms with Crippen molar-refractivity contribution in [2.75, 3.05) is 14.2 Å². The summed E-state index contributed by atoms with van der Waals surface area (Å²) in [6.07, 6.45) is 2.92. The van der Waals surface area contributed by atoms with Crippen LogP contribution in [-0.4, -0.2) is 48.0 Å². The minimum absolute atomic E-state index is 0.0193. The third-order valence-electron chi connectivity index (χ3n) is 5.54. The number of benzene rings is 1. The number of hydrogen-bond acceptors (Lipinski definition) is 4. The molecule has 0 spiro atoms. The lowest BCUT2D eigenvalue weighted by Gasteiger charge is -2.36. The van der Waals surface area contributed by atoms with Crippen molar-refractivity contribution in [2.24, 2.45) is 0 Å². The van der Waals surface area contributed by atoms with E-state index >= 15 is 0 Å². The lowest BCUT2D eigenvalue weighted by Crippen LogP contribution is -2.54. The fourth-order valence-corrected chi connectivity index (χ4v) is 4.01. The van der Waals surface area contributed by atoms with E-state index in [1.54, 1.807) is 31.2 Å². The zero-order valence-electron chi connectivity index (χ0n) is 15.1. The molecule has 0 aromatic heterocycles. The van der Waals surface area contributed by atoms with Gasteiger partial charge in [-0.25, -0.2) is 4.79 Å². The van der Waals surface area contributed by atoms with Crippen LogP contribution < -0.4 is 10.1 Å². The first-order valence-corrected chi connectivity index (χ1v) is 8.85. The van der Waals surface area contributed by atoms with Crippen molar-refractivity contribution in [3.63, 3.8) is 0 Å². The van der Waals surface area contributed by atoms with Gasteiger partial charge < -0.3 is 20.1 Å². The Labute approximate surface area is 152 Å². The van der Waals surface area contributed by atoms with Crippen molar-refractivity contribution in [3.05, 3.63) is 29.3 Å². The van der Waals surface area contributed by atoms with Crippen LogP contribution in [0, 0.1) is 0 Å². The summed E-state index contributed by atoms with van der Waals surface area (Å²) in [6, 6.07) is 5.11. The molecule has 0 radical (unpaired) electrons. The number of carboxylic acids is 1. The number of fused-ring (bicyclic) bond motifs is 1. The molecule has 140 valence electrons. The standard InChI is InChI=1S/C19H24N2O5/c1-21-13(5-8-17(21)23)11-16(22)20-19(18(24)25)9-3-4-12-10-14(26-2)6-7-15(12)19/h6-7,10,13H,3-5,8-9,11H2,1-2H3,(H,20,22)(H,24,25). The minimum Gasteiger partial charge on any atom is -0.497 e. The Morgan fingerprint density at radius 2 is 2.15 bits per heavy atom. The Balaban J connectivity index is 1.85. The molecule has 2 amide bonds. The molecule has 7 nitrogen and oxygen atoms in total. The van der Waals surface area contributed by atoms with Crippen LogP contribution in [0.25, 0.3) is 0 Å². The molecule has 0 saturated carbocycles. The number of amides is 2. The molecule has 2 aliphatic rings. The molecular formula is C19H24N2O5. The molecule has 26 heavy (non-hydrogen) atoms. The number of aryl methyl sites for hydroxylation is 1. The lowest BCUT2D eigenvalue weighted by atomic mass is 9.76. The Bertz CT molecular complexity index is 747. The second-order valence-corrected chi connectivity index (χ2v) is 7.04. The van der Waals surface area contributed by atoms with Gasteiger partial charge in [0.2, 0.25) is 11.8 Å². The van der Waals surface area contributed by atoms with Gasteiger partial charge in [0.05, 0.1) is 7.11 Å². The monoisotopic (exact) mass is 360 g/mol. The number of ether oxygens (including phenoxy) is 1. The molecule has 3 rings (SSSR count). The number of hydrogen-bond donors (Lipinski definition) is 2. The predicted octanol–water partition coefficient (Wildman–Crippen LogP) is 1.44. The average molecular weight is 360 g/mol. The topological polar surface area (TPSA) is 95.9 Å². The van der Waals surface area contributed by atoms with Crippen LogP contribution in [-0.2, 0) is 26.3 Å². The number of rotatable bonds is 5. The van der Waals surface area contributed by atoms with Gasteiger partial charge in [0.15, 0.2) is 5.54 Å². The van der Waals surface area contributed by atoms with Crippen LogP contribution in [0.5, 0.6) is 5.75 Å². The summed E-state index contributed by atoms with van der Waals surface area (Å²) in [5.74, 6) is -0.719. The lowest BCUT2D eigenvalue weighted by molar-refractivity contribution is -0.149. The summed E-state index contributed by atoms with van der Waals surface area (Å²) in [7, 11) is 3.25. The predicted molar refractivity (Wildman–Crippen MR) is 93.8 cm³/mol. The van der Waals surface area contributed by atoms with Crippen LogP contribution in [0.1, 0.15) is 43.2 Å². The highest BCUT2D eigenvalue weighted by molar-refractivity contribution is 5.89. The van der Waals surface area contributed by atoms with E-state index < -0.39 is 11.5 Å². The van der Waals surface area contributed by atoms with Crippen molar-refractivity contribution in [2.45, 2.75) is 50.1 Å². The maximum absolute atomic E-state index is 12.6. The maximum Gasteiger partial charge on any atom is 0.334 e. The van der Waals surface area contributed by atoms with E-state index in [-0.39, 0.29) is 24.3 Å². The normalized spacial score (nSPS) is 24.9. The van der Waals surface area contributed by atoms with Gasteiger partial charge >= 0.3 is 5.97 Å². The molecule has 7 heteroatoms. The quantitative estimate of drug-likeness (QED) is 0.828. The first-order valence-electron chi connectivity index (χ1n) is 8.85. The molecule has 0 bridgehead atoms. The SMILES string of the molecule is COc1ccc2c(c1)CCCC2(NC(=O)CC1CCC(=O)N1C)C(=O)O. The number of carbonyl (C=O) groups is 3. The van der Waals surface area contributed by atoms with Gasteiger partial charge in [-0.2, -0.15) is 0 Å². The second-order valence-electron chi connectivity index (χ2n) is 7.04. The summed E-state index contributed by atoms with van der Waals surface area (Å²) >= 11 is 0. The molecule has 1 fully saturated rings. The van der Waals surface area contributed by atoms with E-state index in [1.165, 1.54) is 0 Å². The largest absolute Gasteiger partial charge is 0.497 e. The third kappa shape index (κ3) is 3.13. The fraction of sp³-hybridized carbons (Fsp3) is 0.526. The maximum atomic E-state index is 12.6. The van der Waals surface area contributed by atoms with Crippen molar-refractivity contribution in [3.8, 4) is 5.75 Å². The van der Waals surface area contributed by atoms with Gasteiger partial charge in [0, 0.05) is 25.9 Å². The van der Waals surface area contributed by atoms with Gasteiger partial charge in [-0.05, 0) is 48.9 Å². The third-order valence-corrected chi connectivity index (χ3v) is 5.54. The van der Waals surface area contributed by atoms with Crippen LogP contribution in [0.3, 0.4) is 0 Å². The number of aliphatic carboxylic acids is 1. The van der Waals surface area contributed by atoms with Gasteiger partial charge in [0.25, 0.3) is 0 Å². The fourth-order valence-electron chi connectivity index (χ4n) is 4.01. The minimum atomic E-state index is -1.43. The molecule has 2 atom stereocenters. The Morgan fingerprint density at radius 1 is 1.38 bits per heavy atom. The highest BCUT2D eigenvalue weighted by Gasteiger charge is 2.45. The van der Waals surface area contributed by atoms with E-state index in [4.69, 9.17) is 4.74 Å². The van der Waals surface area contributed by atoms with Gasteiger partial charge in [-0.15, -0.1) is 0 Å². The summed E-state index contributed by atoms with van der Waals surface area (Å²) < 4.78 is 5.23. The van der Waals surface area contributed by atoms with Crippen molar-refractivity contribution < 1.29 is 24.2 Å². The number of carboxylic acid groups (broad SMARTS) is 1. The highest BCUT2D eigenvalue weighted by Crippen LogP contribution is 2.37. The van der Waals surface area contributed by atoms with Gasteiger partial charge in [0.1, 0.15) is 5.75 Å². The van der Waals surface area contributed by atoms with Gasteiger partial charge in [-0.3, -0.25) is 9.59 Å². The van der Waals surface area contributed by atoms with Crippen LogP contribution >= 0.6 is 0 Å². The van der Waals surface area contributed by atoms with Crippen LogP contribution in [0.4, 0.5) is 0 Å². The number of likely N-dealkylation sites (tertiary alicyclic amines) is 1. The first-order chi connectivity index (χ1) is 12.4. The summed E-state index contributed by atoms with van der Waals surface area (Å²) in [5, 5.41) is 12.7. The Hall–Kier alpha value is -2.57. The molecule has 1 heterocycles. The average Bonchev–Trinajstić information content (AvgIpc) is 2.93. The van der Waals surface area contributed by atoms with Crippen LogP contribution in [0.2, 0.25) is 0 Å². The molecular weight excluding hydrogens is 336 g/mol. The number of methoxy groups -OCH3 is 1. The zero-order chi connectivity index (χ0) is 18.9. The van der Waals surface area contributed by atoms with E-state index in [1.807, 2.05) is 6.07 Å². The Morgan fingerprint density at radius 3 is 2.77 bits per heavy atom. The molecule has 2 unspecified atom stereocenters. The molecule has 1 aromatic carbocycles. The Kier molecular flexibility index (Phi) is 4.89. The van der Waals surface area contributed by atoms with Crippen molar-refractivity contribution in [1.82, 2.24) is 10.2 Å². The molecule has 1 aliphatic carbocycles. The van der Waals surface area contributed by atoms with E-state index in [9.17, 15) is 19.5 Å². The molecule has 1 aromatic rings. The zero-order valence-corrected chi connectivity index (χ0v) is 15.1. The second kappa shape index (κ2) is 6.97.